The summed E-state index contributed by atoms with van der Waals surface area (Å²) in [6.45, 7) is 5.41. The minimum atomic E-state index is -0.117. The van der Waals surface area contributed by atoms with Gasteiger partial charge in [-0.3, -0.25) is 0 Å². The third kappa shape index (κ3) is 3.53. The monoisotopic (exact) mass is 250 g/mol. The fraction of sp³-hybridized carbons (Fsp3) is 0.600. The largest absolute Gasteiger partial charge is 0.313 e. The standard InChI is InChI=1S/C15H23FN2/c1-3-18(2)8-7-17-15-10-13(11-15)12-5-4-6-14(16)9-12/h4-6,9,13,15,17H,3,7-8,10-11H2,1-2H3. The first kappa shape index (κ1) is 13.5. The molecule has 18 heavy (non-hydrogen) atoms. The SMILES string of the molecule is CCN(C)CCNC1CC(c2cccc(F)c2)C1. The maximum Gasteiger partial charge on any atom is 0.123 e. The number of benzene rings is 1. The van der Waals surface area contributed by atoms with Crippen molar-refractivity contribution in [2.45, 2.75) is 31.7 Å². The first-order chi connectivity index (χ1) is 8.69. The number of hydrogen-bond donors (Lipinski definition) is 1. The Labute approximate surface area is 109 Å². The zero-order valence-electron chi connectivity index (χ0n) is 11.3. The lowest BCUT2D eigenvalue weighted by atomic mass is 9.76. The van der Waals surface area contributed by atoms with Gasteiger partial charge >= 0.3 is 0 Å². The first-order valence-electron chi connectivity index (χ1n) is 6.86. The van der Waals surface area contributed by atoms with Crippen molar-refractivity contribution in [1.29, 1.82) is 0 Å². The van der Waals surface area contributed by atoms with E-state index in [1.807, 2.05) is 12.1 Å². The van der Waals surface area contributed by atoms with E-state index in [1.165, 1.54) is 6.07 Å². The van der Waals surface area contributed by atoms with E-state index in [0.717, 1.165) is 38.0 Å². The molecule has 1 fully saturated rings. The van der Waals surface area contributed by atoms with Crippen molar-refractivity contribution in [1.82, 2.24) is 10.2 Å². The number of halogens is 1. The summed E-state index contributed by atoms with van der Waals surface area (Å²) in [6.07, 6.45) is 2.28. The van der Waals surface area contributed by atoms with Crippen LogP contribution in [0.25, 0.3) is 0 Å². The van der Waals surface area contributed by atoms with Crippen LogP contribution in [0.1, 0.15) is 31.2 Å². The molecule has 100 valence electrons. The molecule has 0 bridgehead atoms. The summed E-state index contributed by atoms with van der Waals surface area (Å²) < 4.78 is 13.1. The molecule has 0 amide bonds. The highest BCUT2D eigenvalue weighted by Gasteiger charge is 2.29. The summed E-state index contributed by atoms with van der Waals surface area (Å²) in [7, 11) is 2.14. The van der Waals surface area contributed by atoms with Crippen molar-refractivity contribution < 1.29 is 4.39 Å². The van der Waals surface area contributed by atoms with Crippen LogP contribution < -0.4 is 5.32 Å². The number of likely N-dealkylation sites (N-methyl/N-ethyl adjacent to an activating group) is 1. The van der Waals surface area contributed by atoms with Crippen LogP contribution in [0.3, 0.4) is 0 Å². The molecule has 0 heterocycles. The zero-order chi connectivity index (χ0) is 13.0. The quantitative estimate of drug-likeness (QED) is 0.835. The van der Waals surface area contributed by atoms with Crippen LogP contribution in [0.5, 0.6) is 0 Å². The van der Waals surface area contributed by atoms with Gasteiger partial charge in [0.05, 0.1) is 0 Å². The number of rotatable bonds is 6. The molecule has 1 N–H and O–H groups in total. The molecule has 0 spiro atoms. The zero-order valence-corrected chi connectivity index (χ0v) is 11.3. The van der Waals surface area contributed by atoms with E-state index >= 15 is 0 Å². The minimum absolute atomic E-state index is 0.117. The van der Waals surface area contributed by atoms with Gasteiger partial charge in [0.25, 0.3) is 0 Å². The third-order valence-corrected chi connectivity index (χ3v) is 3.92. The first-order valence-corrected chi connectivity index (χ1v) is 6.86. The summed E-state index contributed by atoms with van der Waals surface area (Å²) in [5, 5.41) is 3.56. The Kier molecular flexibility index (Phi) is 4.72. The molecular weight excluding hydrogens is 227 g/mol. The van der Waals surface area contributed by atoms with Crippen molar-refractivity contribution in [3.05, 3.63) is 35.6 Å². The molecular formula is C15H23FN2. The highest BCUT2D eigenvalue weighted by Crippen LogP contribution is 2.36. The lowest BCUT2D eigenvalue weighted by molar-refractivity contribution is 0.269. The molecule has 0 atom stereocenters. The Bertz CT molecular complexity index is 375. The summed E-state index contributed by atoms with van der Waals surface area (Å²) in [6, 6.07) is 7.64. The van der Waals surface area contributed by atoms with Gasteiger partial charge in [-0.15, -0.1) is 0 Å². The second-order valence-electron chi connectivity index (χ2n) is 5.27. The molecule has 1 saturated carbocycles. The summed E-state index contributed by atoms with van der Waals surface area (Å²) in [5.41, 5.74) is 1.15. The highest BCUT2D eigenvalue weighted by atomic mass is 19.1. The van der Waals surface area contributed by atoms with Crippen LogP contribution in [-0.2, 0) is 0 Å². The molecule has 3 heteroatoms. The molecule has 2 nitrogen and oxygen atoms in total. The van der Waals surface area contributed by atoms with E-state index in [4.69, 9.17) is 0 Å². The fourth-order valence-corrected chi connectivity index (χ4v) is 2.43. The van der Waals surface area contributed by atoms with Crippen molar-refractivity contribution in [3.63, 3.8) is 0 Å². The van der Waals surface area contributed by atoms with Gasteiger partial charge in [0.15, 0.2) is 0 Å². The van der Waals surface area contributed by atoms with Crippen LogP contribution in [0.15, 0.2) is 24.3 Å². The van der Waals surface area contributed by atoms with Crippen molar-refractivity contribution in [2.24, 2.45) is 0 Å². The van der Waals surface area contributed by atoms with Crippen molar-refractivity contribution in [2.75, 3.05) is 26.7 Å². The Balaban J connectivity index is 1.68. The number of hydrogen-bond acceptors (Lipinski definition) is 2. The molecule has 0 aromatic heterocycles. The number of nitrogens with one attached hydrogen (secondary N) is 1. The second kappa shape index (κ2) is 6.30. The Morgan fingerprint density at radius 1 is 1.39 bits per heavy atom. The predicted molar refractivity (Wildman–Crippen MR) is 73.3 cm³/mol. The van der Waals surface area contributed by atoms with Gasteiger partial charge in [-0.25, -0.2) is 4.39 Å². The lowest BCUT2D eigenvalue weighted by Crippen LogP contribution is -2.43. The van der Waals surface area contributed by atoms with Crippen LogP contribution in [0.4, 0.5) is 4.39 Å². The maximum atomic E-state index is 13.1. The normalized spacial score (nSPS) is 23.1. The Hall–Kier alpha value is -0.930. The van der Waals surface area contributed by atoms with Gasteiger partial charge in [-0.05, 0) is 50.0 Å². The third-order valence-electron chi connectivity index (χ3n) is 3.92. The van der Waals surface area contributed by atoms with Gasteiger partial charge in [0.1, 0.15) is 5.82 Å². The summed E-state index contributed by atoms with van der Waals surface area (Å²) in [5.74, 6) is 0.426. The molecule has 0 aliphatic heterocycles. The Morgan fingerprint density at radius 3 is 2.83 bits per heavy atom. The van der Waals surface area contributed by atoms with Crippen LogP contribution in [0, 0.1) is 5.82 Å². The molecule has 0 radical (unpaired) electrons. The average Bonchev–Trinajstić information content (AvgIpc) is 2.31. The second-order valence-corrected chi connectivity index (χ2v) is 5.27. The van der Waals surface area contributed by atoms with E-state index in [9.17, 15) is 4.39 Å². The van der Waals surface area contributed by atoms with E-state index in [2.05, 4.69) is 24.2 Å². The van der Waals surface area contributed by atoms with Crippen molar-refractivity contribution >= 4 is 0 Å². The van der Waals surface area contributed by atoms with E-state index in [0.29, 0.717) is 12.0 Å². The molecule has 0 unspecified atom stereocenters. The summed E-state index contributed by atoms with van der Waals surface area (Å²) in [4.78, 5) is 2.30. The Morgan fingerprint density at radius 2 is 2.17 bits per heavy atom. The van der Waals surface area contributed by atoms with Crippen LogP contribution in [0.2, 0.25) is 0 Å². The van der Waals surface area contributed by atoms with Crippen LogP contribution >= 0.6 is 0 Å². The molecule has 0 saturated heterocycles. The van der Waals surface area contributed by atoms with E-state index < -0.39 is 0 Å². The van der Waals surface area contributed by atoms with E-state index in [-0.39, 0.29) is 5.82 Å². The molecule has 1 aliphatic rings. The molecule has 1 aromatic rings. The highest BCUT2D eigenvalue weighted by molar-refractivity contribution is 5.23. The van der Waals surface area contributed by atoms with Gasteiger partial charge in [-0.2, -0.15) is 0 Å². The lowest BCUT2D eigenvalue weighted by Gasteiger charge is -2.36. The van der Waals surface area contributed by atoms with Crippen molar-refractivity contribution in [3.8, 4) is 0 Å². The minimum Gasteiger partial charge on any atom is -0.313 e. The molecule has 2 rings (SSSR count). The van der Waals surface area contributed by atoms with Gasteiger partial charge in [0.2, 0.25) is 0 Å². The topological polar surface area (TPSA) is 15.3 Å². The van der Waals surface area contributed by atoms with E-state index in [1.54, 1.807) is 6.07 Å². The van der Waals surface area contributed by atoms with Gasteiger partial charge < -0.3 is 10.2 Å². The molecule has 1 aliphatic carbocycles. The van der Waals surface area contributed by atoms with Crippen LogP contribution in [-0.4, -0.2) is 37.6 Å². The smallest absolute Gasteiger partial charge is 0.123 e. The van der Waals surface area contributed by atoms with Gasteiger partial charge in [-0.1, -0.05) is 19.1 Å². The maximum absolute atomic E-state index is 13.1. The average molecular weight is 250 g/mol. The van der Waals surface area contributed by atoms with Gasteiger partial charge in [0, 0.05) is 19.1 Å². The fourth-order valence-electron chi connectivity index (χ4n) is 2.43. The molecule has 1 aromatic carbocycles. The number of nitrogens with zero attached hydrogens (tertiary/aromatic N) is 1. The summed E-state index contributed by atoms with van der Waals surface area (Å²) >= 11 is 0. The predicted octanol–water partition coefficient (Wildman–Crippen LogP) is 2.61.